The first-order chi connectivity index (χ1) is 11.2. The van der Waals surface area contributed by atoms with Gasteiger partial charge < -0.3 is 15.8 Å². The van der Waals surface area contributed by atoms with Gasteiger partial charge in [-0.25, -0.2) is 4.68 Å². The first-order valence-corrected chi connectivity index (χ1v) is 7.43. The summed E-state index contributed by atoms with van der Waals surface area (Å²) in [5, 5.41) is 19.5. The molecule has 2 heterocycles. The van der Waals surface area contributed by atoms with E-state index in [2.05, 4.69) is 15.5 Å². The number of benzene rings is 1. The van der Waals surface area contributed by atoms with Crippen molar-refractivity contribution in [2.75, 3.05) is 13.1 Å². The zero-order valence-corrected chi connectivity index (χ0v) is 12.5. The van der Waals surface area contributed by atoms with Gasteiger partial charge in [-0.1, -0.05) is 28.6 Å². The second kappa shape index (κ2) is 6.47. The van der Waals surface area contributed by atoms with Crippen molar-refractivity contribution in [3.05, 3.63) is 47.8 Å². The van der Waals surface area contributed by atoms with Crippen molar-refractivity contribution in [3.8, 4) is 0 Å². The van der Waals surface area contributed by atoms with Crippen LogP contribution in [0.1, 0.15) is 34.9 Å². The van der Waals surface area contributed by atoms with E-state index in [1.807, 2.05) is 35.2 Å². The number of hydrogen-bond acceptors (Lipinski definition) is 5. The van der Waals surface area contributed by atoms with Crippen LogP contribution in [0.3, 0.4) is 0 Å². The standard InChI is InChI=1S/C15H18N6O2/c16-14(18-23)13-10-21(19-17-13)12-6-8-20(9-7-12)15(22)11-4-2-1-3-5-11/h1-5,10,12,23H,6-9H2,(H2,16,18). The maximum Gasteiger partial charge on any atom is 0.253 e. The third-order valence-corrected chi connectivity index (χ3v) is 4.03. The number of carbonyl (C=O) groups is 1. The lowest BCUT2D eigenvalue weighted by molar-refractivity contribution is 0.0689. The highest BCUT2D eigenvalue weighted by molar-refractivity contribution is 5.95. The Balaban J connectivity index is 1.62. The van der Waals surface area contributed by atoms with Crippen LogP contribution in [0.15, 0.2) is 41.7 Å². The summed E-state index contributed by atoms with van der Waals surface area (Å²) in [5.41, 5.74) is 6.55. The molecule has 0 radical (unpaired) electrons. The predicted octanol–water partition coefficient (Wildman–Crippen LogP) is 0.850. The van der Waals surface area contributed by atoms with Crippen LogP contribution in [0.5, 0.6) is 0 Å². The van der Waals surface area contributed by atoms with Gasteiger partial charge in [0.1, 0.15) is 0 Å². The van der Waals surface area contributed by atoms with Crippen LogP contribution in [0.4, 0.5) is 0 Å². The molecular weight excluding hydrogens is 296 g/mol. The maximum absolute atomic E-state index is 12.4. The van der Waals surface area contributed by atoms with Crippen molar-refractivity contribution >= 4 is 11.7 Å². The average molecular weight is 314 g/mol. The molecule has 3 N–H and O–H groups in total. The lowest BCUT2D eigenvalue weighted by atomic mass is 10.0. The number of nitrogens with two attached hydrogens (primary N) is 1. The first-order valence-electron chi connectivity index (χ1n) is 7.43. The molecule has 8 heteroatoms. The molecule has 0 spiro atoms. The van der Waals surface area contributed by atoms with Gasteiger partial charge in [-0.3, -0.25) is 4.79 Å². The van der Waals surface area contributed by atoms with Crippen molar-refractivity contribution in [2.24, 2.45) is 10.9 Å². The minimum atomic E-state index is -0.0621. The molecule has 23 heavy (non-hydrogen) atoms. The van der Waals surface area contributed by atoms with Gasteiger partial charge in [0.25, 0.3) is 5.91 Å². The summed E-state index contributed by atoms with van der Waals surface area (Å²) in [6.07, 6.45) is 3.24. The fourth-order valence-corrected chi connectivity index (χ4v) is 2.72. The van der Waals surface area contributed by atoms with Gasteiger partial charge in [-0.15, -0.1) is 5.10 Å². The van der Waals surface area contributed by atoms with Crippen LogP contribution in [-0.4, -0.2) is 49.9 Å². The molecule has 1 fully saturated rings. The van der Waals surface area contributed by atoms with Crippen LogP contribution in [0.25, 0.3) is 0 Å². The Morgan fingerprint density at radius 1 is 1.26 bits per heavy atom. The van der Waals surface area contributed by atoms with E-state index in [1.54, 1.807) is 10.9 Å². The molecule has 0 atom stereocenters. The molecule has 120 valence electrons. The van der Waals surface area contributed by atoms with Gasteiger partial charge in [0.2, 0.25) is 0 Å². The summed E-state index contributed by atoms with van der Waals surface area (Å²) in [5.74, 6) is -0.00655. The first kappa shape index (κ1) is 15.0. The number of piperidine rings is 1. The fourth-order valence-electron chi connectivity index (χ4n) is 2.72. The summed E-state index contributed by atoms with van der Waals surface area (Å²) in [7, 11) is 0. The Labute approximate surface area is 133 Å². The highest BCUT2D eigenvalue weighted by Gasteiger charge is 2.25. The number of amides is 1. The molecule has 8 nitrogen and oxygen atoms in total. The molecule has 1 aliphatic rings. The second-order valence-electron chi connectivity index (χ2n) is 5.46. The van der Waals surface area contributed by atoms with Crippen LogP contribution < -0.4 is 5.73 Å². The van der Waals surface area contributed by atoms with Crippen molar-refractivity contribution < 1.29 is 10.0 Å². The molecule has 1 aromatic carbocycles. The lowest BCUT2D eigenvalue weighted by Gasteiger charge is -2.31. The molecule has 0 saturated carbocycles. The lowest BCUT2D eigenvalue weighted by Crippen LogP contribution is -2.39. The molecule has 2 aromatic rings. The zero-order chi connectivity index (χ0) is 16.2. The summed E-state index contributed by atoms with van der Waals surface area (Å²) >= 11 is 0. The quantitative estimate of drug-likeness (QED) is 0.378. The molecule has 3 rings (SSSR count). The van der Waals surface area contributed by atoms with Gasteiger partial charge in [-0.2, -0.15) is 0 Å². The van der Waals surface area contributed by atoms with Gasteiger partial charge in [-0.05, 0) is 25.0 Å². The monoisotopic (exact) mass is 314 g/mol. The van der Waals surface area contributed by atoms with Gasteiger partial charge in [0.05, 0.1) is 12.2 Å². The topological polar surface area (TPSA) is 110 Å². The molecule has 0 bridgehead atoms. The number of amidine groups is 1. The number of aromatic nitrogens is 3. The number of rotatable bonds is 3. The van der Waals surface area contributed by atoms with E-state index in [1.165, 1.54) is 0 Å². The highest BCUT2D eigenvalue weighted by atomic mass is 16.4. The summed E-state index contributed by atoms with van der Waals surface area (Å²) in [6.45, 7) is 1.33. The fraction of sp³-hybridized carbons (Fsp3) is 0.333. The smallest absolute Gasteiger partial charge is 0.253 e. The van der Waals surface area contributed by atoms with Gasteiger partial charge in [0.15, 0.2) is 11.5 Å². The molecule has 1 aliphatic heterocycles. The van der Waals surface area contributed by atoms with Crippen molar-refractivity contribution in [2.45, 2.75) is 18.9 Å². The number of likely N-dealkylation sites (tertiary alicyclic amines) is 1. The highest BCUT2D eigenvalue weighted by Crippen LogP contribution is 2.22. The van der Waals surface area contributed by atoms with Crippen LogP contribution in [0.2, 0.25) is 0 Å². The van der Waals surface area contributed by atoms with Crippen molar-refractivity contribution in [1.82, 2.24) is 19.9 Å². The van der Waals surface area contributed by atoms with Crippen LogP contribution in [-0.2, 0) is 0 Å². The summed E-state index contributed by atoms with van der Waals surface area (Å²) in [6, 6.07) is 9.44. The average Bonchev–Trinajstić information content (AvgIpc) is 3.11. The Morgan fingerprint density at radius 2 is 1.96 bits per heavy atom. The number of hydrogen-bond donors (Lipinski definition) is 2. The van der Waals surface area contributed by atoms with Crippen molar-refractivity contribution in [3.63, 3.8) is 0 Å². The third kappa shape index (κ3) is 3.15. The minimum absolute atomic E-state index is 0.0555. The Bertz CT molecular complexity index is 704. The molecule has 1 aromatic heterocycles. The SMILES string of the molecule is N/C(=N\O)c1cn(C2CCN(C(=O)c3ccccc3)CC2)nn1. The van der Waals surface area contributed by atoms with E-state index < -0.39 is 0 Å². The normalized spacial score (nSPS) is 16.5. The van der Waals surface area contributed by atoms with E-state index in [9.17, 15) is 4.79 Å². The molecule has 0 unspecified atom stereocenters. The van der Waals surface area contributed by atoms with E-state index in [4.69, 9.17) is 10.9 Å². The minimum Gasteiger partial charge on any atom is -0.409 e. The number of carbonyl (C=O) groups excluding carboxylic acids is 1. The molecular formula is C15H18N6O2. The predicted molar refractivity (Wildman–Crippen MR) is 83.1 cm³/mol. The molecule has 1 amide bonds. The molecule has 0 aliphatic carbocycles. The van der Waals surface area contributed by atoms with E-state index in [0.717, 1.165) is 12.8 Å². The van der Waals surface area contributed by atoms with E-state index >= 15 is 0 Å². The third-order valence-electron chi connectivity index (χ3n) is 4.03. The van der Waals surface area contributed by atoms with E-state index in [0.29, 0.717) is 24.3 Å². The van der Waals surface area contributed by atoms with Crippen LogP contribution in [0, 0.1) is 0 Å². The summed E-state index contributed by atoms with van der Waals surface area (Å²) < 4.78 is 1.72. The van der Waals surface area contributed by atoms with Crippen molar-refractivity contribution in [1.29, 1.82) is 0 Å². The second-order valence-corrected chi connectivity index (χ2v) is 5.46. The number of oxime groups is 1. The molecule has 1 saturated heterocycles. The Morgan fingerprint density at radius 3 is 2.61 bits per heavy atom. The zero-order valence-electron chi connectivity index (χ0n) is 12.5. The van der Waals surface area contributed by atoms with E-state index in [-0.39, 0.29) is 17.8 Å². The Hall–Kier alpha value is -2.90. The largest absolute Gasteiger partial charge is 0.409 e. The Kier molecular flexibility index (Phi) is 4.22. The van der Waals surface area contributed by atoms with Gasteiger partial charge >= 0.3 is 0 Å². The summed E-state index contributed by atoms with van der Waals surface area (Å²) in [4.78, 5) is 14.3. The number of nitrogens with zero attached hydrogens (tertiary/aromatic N) is 5. The van der Waals surface area contributed by atoms with Gasteiger partial charge in [0, 0.05) is 18.7 Å². The maximum atomic E-state index is 12.4. The van der Waals surface area contributed by atoms with Crippen LogP contribution >= 0.6 is 0 Å².